The lowest BCUT2D eigenvalue weighted by Crippen LogP contribution is -2.35. The molecule has 138 valence electrons. The van der Waals surface area contributed by atoms with Gasteiger partial charge in [0.1, 0.15) is 9.79 Å². The van der Waals surface area contributed by atoms with Gasteiger partial charge in [0.25, 0.3) is 0 Å². The number of benzene rings is 1. The summed E-state index contributed by atoms with van der Waals surface area (Å²) in [7, 11) is -7.80. The van der Waals surface area contributed by atoms with E-state index in [9.17, 15) is 16.8 Å². The summed E-state index contributed by atoms with van der Waals surface area (Å²) in [5.74, 6) is 0. The predicted octanol–water partition coefficient (Wildman–Crippen LogP) is 2.82. The highest BCUT2D eigenvalue weighted by Crippen LogP contribution is 2.32. The molecule has 0 unspecified atom stereocenters. The fraction of sp³-hybridized carbons (Fsp3) is 0.600. The summed E-state index contributed by atoms with van der Waals surface area (Å²) in [6.45, 7) is 9.74. The van der Waals surface area contributed by atoms with E-state index in [1.54, 1.807) is 34.6 Å². The second-order valence-electron chi connectivity index (χ2n) is 5.23. The van der Waals surface area contributed by atoms with Crippen LogP contribution in [0.2, 0.25) is 0 Å². The summed E-state index contributed by atoms with van der Waals surface area (Å²) < 4.78 is 54.9. The molecule has 1 rings (SSSR count). The van der Waals surface area contributed by atoms with Crippen LogP contribution in [0.1, 0.15) is 33.3 Å². The molecular formula is C15H25BrN2O4S2. The molecule has 9 heteroatoms. The van der Waals surface area contributed by atoms with Gasteiger partial charge in [0.05, 0.1) is 0 Å². The lowest BCUT2D eigenvalue weighted by atomic mass is 10.2. The van der Waals surface area contributed by atoms with Gasteiger partial charge < -0.3 is 0 Å². The van der Waals surface area contributed by atoms with E-state index in [1.165, 1.54) is 20.7 Å². The van der Waals surface area contributed by atoms with Crippen LogP contribution in [-0.4, -0.2) is 51.6 Å². The van der Waals surface area contributed by atoms with Gasteiger partial charge in [0, 0.05) is 30.7 Å². The molecule has 0 spiro atoms. The topological polar surface area (TPSA) is 74.8 Å². The molecule has 0 aromatic heterocycles. The summed E-state index contributed by atoms with van der Waals surface area (Å²) in [4.78, 5) is -0.352. The van der Waals surface area contributed by atoms with Gasteiger partial charge in [0.15, 0.2) is 0 Å². The van der Waals surface area contributed by atoms with Crippen molar-refractivity contribution in [1.82, 2.24) is 8.61 Å². The average molecular weight is 441 g/mol. The maximum atomic E-state index is 13.0. The smallest absolute Gasteiger partial charge is 0.207 e. The quantitative estimate of drug-likeness (QED) is 0.622. The van der Waals surface area contributed by atoms with Crippen molar-refractivity contribution in [2.45, 2.75) is 44.4 Å². The van der Waals surface area contributed by atoms with Gasteiger partial charge in [-0.1, -0.05) is 43.6 Å². The van der Waals surface area contributed by atoms with Gasteiger partial charge in [-0.2, -0.15) is 8.61 Å². The molecule has 1 aromatic rings. The average Bonchev–Trinajstić information content (AvgIpc) is 2.51. The molecule has 1 aromatic carbocycles. The van der Waals surface area contributed by atoms with Crippen LogP contribution in [0.15, 0.2) is 26.4 Å². The number of hydrogen-bond donors (Lipinski definition) is 0. The molecule has 6 nitrogen and oxygen atoms in total. The highest BCUT2D eigenvalue weighted by molar-refractivity contribution is 9.10. The molecule has 0 aliphatic carbocycles. The third-order valence-corrected chi connectivity index (χ3v) is 9.03. The molecule has 0 heterocycles. The molecule has 0 N–H and O–H groups in total. The van der Waals surface area contributed by atoms with Gasteiger partial charge in [-0.15, -0.1) is 0 Å². The zero-order valence-corrected chi connectivity index (χ0v) is 17.9. The van der Waals surface area contributed by atoms with Crippen molar-refractivity contribution in [3.8, 4) is 0 Å². The molecule has 0 saturated carbocycles. The Morgan fingerprint density at radius 1 is 0.792 bits per heavy atom. The highest BCUT2D eigenvalue weighted by atomic mass is 79.9. The Morgan fingerprint density at radius 3 is 1.46 bits per heavy atom. The van der Waals surface area contributed by atoms with E-state index >= 15 is 0 Å². The zero-order chi connectivity index (χ0) is 18.7. The van der Waals surface area contributed by atoms with E-state index in [4.69, 9.17) is 0 Å². The number of sulfonamides is 2. The second-order valence-corrected chi connectivity index (χ2v) is 9.89. The summed E-state index contributed by atoms with van der Waals surface area (Å²) in [5, 5.41) is 0. The van der Waals surface area contributed by atoms with Crippen molar-refractivity contribution >= 4 is 36.0 Å². The third kappa shape index (κ3) is 4.01. The largest absolute Gasteiger partial charge is 0.244 e. The monoisotopic (exact) mass is 440 g/mol. The molecule has 0 amide bonds. The Morgan fingerprint density at radius 2 is 1.12 bits per heavy atom. The first-order valence-electron chi connectivity index (χ1n) is 7.88. The van der Waals surface area contributed by atoms with E-state index < -0.39 is 20.0 Å². The fourth-order valence-electron chi connectivity index (χ4n) is 2.45. The molecule has 0 bridgehead atoms. The van der Waals surface area contributed by atoms with E-state index in [2.05, 4.69) is 15.9 Å². The summed E-state index contributed by atoms with van der Waals surface area (Å²) in [6, 6.07) is 2.81. The Hall–Kier alpha value is -0.480. The minimum atomic E-state index is -3.91. The van der Waals surface area contributed by atoms with Gasteiger partial charge >= 0.3 is 0 Å². The summed E-state index contributed by atoms with van der Waals surface area (Å²) in [5.41, 5.74) is 0.666. The standard InChI is InChI=1S/C15H25BrN2O4S2/c1-6-17(7-2)23(19,20)14-10-12(5)13(16)11-15(14)24(21,22)18(8-3)9-4/h10-11H,6-9H2,1-5H3. The minimum Gasteiger partial charge on any atom is -0.207 e. The Bertz CT molecular complexity index is 717. The van der Waals surface area contributed by atoms with Crippen LogP contribution in [0.25, 0.3) is 0 Å². The SMILES string of the molecule is CCN(CC)S(=O)(=O)c1cc(C)c(Br)cc1S(=O)(=O)N(CC)CC. The summed E-state index contributed by atoms with van der Waals surface area (Å²) >= 11 is 3.31. The van der Waals surface area contributed by atoms with E-state index in [-0.39, 0.29) is 36.0 Å². The molecule has 0 radical (unpaired) electrons. The van der Waals surface area contributed by atoms with Crippen LogP contribution in [0.5, 0.6) is 0 Å². The Kier molecular flexibility index (Phi) is 7.43. The van der Waals surface area contributed by atoms with Crippen molar-refractivity contribution in [3.05, 3.63) is 22.2 Å². The Labute approximate surface area is 154 Å². The third-order valence-electron chi connectivity index (χ3n) is 3.87. The first kappa shape index (κ1) is 21.6. The maximum Gasteiger partial charge on any atom is 0.244 e. The molecule has 0 aliphatic heterocycles. The van der Waals surface area contributed by atoms with E-state index in [1.807, 2.05) is 0 Å². The zero-order valence-electron chi connectivity index (χ0n) is 14.7. The van der Waals surface area contributed by atoms with E-state index in [0.717, 1.165) is 0 Å². The van der Waals surface area contributed by atoms with Crippen LogP contribution in [0.4, 0.5) is 0 Å². The minimum absolute atomic E-state index is 0.168. The van der Waals surface area contributed by atoms with Gasteiger partial charge in [0.2, 0.25) is 20.0 Å². The van der Waals surface area contributed by atoms with Crippen molar-refractivity contribution in [2.75, 3.05) is 26.2 Å². The number of halogens is 1. The van der Waals surface area contributed by atoms with Crippen molar-refractivity contribution < 1.29 is 16.8 Å². The maximum absolute atomic E-state index is 13.0. The van der Waals surface area contributed by atoms with Crippen molar-refractivity contribution in [1.29, 1.82) is 0 Å². The van der Waals surface area contributed by atoms with Crippen molar-refractivity contribution in [2.24, 2.45) is 0 Å². The lowest BCUT2D eigenvalue weighted by Gasteiger charge is -2.24. The van der Waals surface area contributed by atoms with Crippen LogP contribution < -0.4 is 0 Å². The molecule has 0 fully saturated rings. The van der Waals surface area contributed by atoms with E-state index in [0.29, 0.717) is 10.0 Å². The fourth-order valence-corrected chi connectivity index (χ4v) is 6.71. The molecule has 0 saturated heterocycles. The number of aryl methyl sites for hydroxylation is 1. The first-order chi connectivity index (χ1) is 11.1. The van der Waals surface area contributed by atoms with Crippen LogP contribution in [0.3, 0.4) is 0 Å². The number of nitrogens with zero attached hydrogens (tertiary/aromatic N) is 2. The Balaban J connectivity index is 3.79. The lowest BCUT2D eigenvalue weighted by molar-refractivity contribution is 0.434. The van der Waals surface area contributed by atoms with Crippen LogP contribution in [0, 0.1) is 6.92 Å². The number of rotatable bonds is 8. The van der Waals surface area contributed by atoms with Gasteiger partial charge in [-0.3, -0.25) is 0 Å². The van der Waals surface area contributed by atoms with Crippen molar-refractivity contribution in [3.63, 3.8) is 0 Å². The highest BCUT2D eigenvalue weighted by Gasteiger charge is 2.33. The van der Waals surface area contributed by atoms with Crippen LogP contribution >= 0.6 is 15.9 Å². The number of hydrogen-bond acceptors (Lipinski definition) is 4. The molecule has 0 atom stereocenters. The van der Waals surface area contributed by atoms with Gasteiger partial charge in [-0.05, 0) is 24.6 Å². The normalized spacial score (nSPS) is 13.0. The van der Waals surface area contributed by atoms with Crippen LogP contribution in [-0.2, 0) is 20.0 Å². The predicted molar refractivity (Wildman–Crippen MR) is 99.1 cm³/mol. The molecular weight excluding hydrogens is 416 g/mol. The second kappa shape index (κ2) is 8.27. The molecule has 24 heavy (non-hydrogen) atoms. The molecule has 0 aliphatic rings. The first-order valence-corrected chi connectivity index (χ1v) is 11.6. The summed E-state index contributed by atoms with van der Waals surface area (Å²) in [6.07, 6.45) is 0. The van der Waals surface area contributed by atoms with Gasteiger partial charge in [-0.25, -0.2) is 16.8 Å².